The average Bonchev–Trinajstić information content (AvgIpc) is 3.35. The van der Waals surface area contributed by atoms with Crippen molar-refractivity contribution in [3.63, 3.8) is 0 Å². The van der Waals surface area contributed by atoms with E-state index in [-0.39, 0.29) is 24.2 Å². The van der Waals surface area contributed by atoms with E-state index in [9.17, 15) is 9.59 Å². The number of hydrogen-bond donors (Lipinski definition) is 1. The Kier molecular flexibility index (Phi) is 5.34. The molecule has 3 heterocycles. The number of rotatable bonds is 3. The summed E-state index contributed by atoms with van der Waals surface area (Å²) in [7, 11) is 0. The molecule has 2 aliphatic heterocycles. The summed E-state index contributed by atoms with van der Waals surface area (Å²) in [5, 5.41) is 8.07. The normalized spacial score (nSPS) is 20.0. The Labute approximate surface area is 154 Å². The van der Waals surface area contributed by atoms with Gasteiger partial charge in [0.05, 0.1) is 0 Å². The van der Waals surface area contributed by atoms with Gasteiger partial charge >= 0.3 is 0 Å². The molecule has 1 aliphatic carbocycles. The summed E-state index contributed by atoms with van der Waals surface area (Å²) in [6.45, 7) is 6.64. The summed E-state index contributed by atoms with van der Waals surface area (Å²) < 4.78 is 2.09. The van der Waals surface area contributed by atoms with Gasteiger partial charge in [0.1, 0.15) is 0 Å². The molecule has 138 valence electrons. The lowest BCUT2D eigenvalue weighted by Gasteiger charge is -2.34. The summed E-state index contributed by atoms with van der Waals surface area (Å²) in [5.74, 6) is 0.844. The highest BCUT2D eigenvalue weighted by Crippen LogP contribution is 2.32. The Morgan fingerprint density at radius 2 is 1.84 bits per heavy atom. The number of halogens is 1. The van der Waals surface area contributed by atoms with Gasteiger partial charge in [-0.3, -0.25) is 14.3 Å². The lowest BCUT2D eigenvalue weighted by atomic mass is 10.1. The fourth-order valence-corrected chi connectivity index (χ4v) is 3.66. The number of nitrogens with zero attached hydrogens (tertiary/aromatic N) is 4. The number of fused-ring (bicyclic) bond motifs is 1. The molecule has 1 aromatic heterocycles. The van der Waals surface area contributed by atoms with E-state index in [2.05, 4.69) is 10.00 Å². The molecule has 7 nitrogen and oxygen atoms in total. The van der Waals surface area contributed by atoms with E-state index in [1.807, 2.05) is 4.90 Å². The van der Waals surface area contributed by atoms with Crippen molar-refractivity contribution in [2.45, 2.75) is 39.3 Å². The fraction of sp³-hybridized carbons (Fsp3) is 0.706. The fourth-order valence-electron chi connectivity index (χ4n) is 3.66. The molecule has 8 heteroatoms. The molecule has 4 rings (SSSR count). The number of piperazine rings is 1. The second-order valence-corrected chi connectivity index (χ2v) is 7.12. The van der Waals surface area contributed by atoms with Gasteiger partial charge < -0.3 is 15.1 Å². The molecule has 0 atom stereocenters. The first-order valence-corrected chi connectivity index (χ1v) is 8.97. The van der Waals surface area contributed by atoms with Crippen LogP contribution in [0.25, 0.3) is 0 Å². The van der Waals surface area contributed by atoms with E-state index in [4.69, 9.17) is 5.10 Å². The van der Waals surface area contributed by atoms with Gasteiger partial charge in [0.2, 0.25) is 5.91 Å². The van der Waals surface area contributed by atoms with Crippen molar-refractivity contribution in [1.29, 1.82) is 0 Å². The Morgan fingerprint density at radius 1 is 1.16 bits per heavy atom. The summed E-state index contributed by atoms with van der Waals surface area (Å²) in [6, 6.07) is 0. The van der Waals surface area contributed by atoms with Crippen LogP contribution in [0.1, 0.15) is 41.5 Å². The van der Waals surface area contributed by atoms with Gasteiger partial charge in [0.15, 0.2) is 5.69 Å². The SMILES string of the molecule is CC(=O)N1CCN(C(=O)c2nn(CC3CC3)c3c2CNCC3)CC1.Cl. The molecule has 1 N–H and O–H groups in total. The quantitative estimate of drug-likeness (QED) is 0.852. The van der Waals surface area contributed by atoms with Crippen molar-refractivity contribution in [3.8, 4) is 0 Å². The van der Waals surface area contributed by atoms with Gasteiger partial charge in [-0.25, -0.2) is 0 Å². The molecule has 0 radical (unpaired) electrons. The zero-order chi connectivity index (χ0) is 16.7. The van der Waals surface area contributed by atoms with Gasteiger partial charge in [-0.05, 0) is 18.8 Å². The minimum absolute atomic E-state index is 0. The van der Waals surface area contributed by atoms with Crippen molar-refractivity contribution in [2.24, 2.45) is 5.92 Å². The van der Waals surface area contributed by atoms with Crippen LogP contribution in [0.4, 0.5) is 0 Å². The van der Waals surface area contributed by atoms with E-state index in [0.717, 1.165) is 37.5 Å². The Balaban J connectivity index is 0.00000182. The predicted octanol–water partition coefficient (Wildman–Crippen LogP) is 0.665. The summed E-state index contributed by atoms with van der Waals surface area (Å²) in [5.41, 5.74) is 2.95. The molecule has 0 bridgehead atoms. The number of nitrogens with one attached hydrogen (secondary N) is 1. The molecule has 0 aromatic carbocycles. The maximum Gasteiger partial charge on any atom is 0.274 e. The minimum Gasteiger partial charge on any atom is -0.339 e. The second-order valence-electron chi connectivity index (χ2n) is 7.12. The van der Waals surface area contributed by atoms with Crippen molar-refractivity contribution < 1.29 is 9.59 Å². The summed E-state index contributed by atoms with van der Waals surface area (Å²) >= 11 is 0. The summed E-state index contributed by atoms with van der Waals surface area (Å²) in [4.78, 5) is 28.1. The van der Waals surface area contributed by atoms with Crippen molar-refractivity contribution in [2.75, 3.05) is 32.7 Å². The molecular formula is C17H26ClN5O2. The molecule has 3 aliphatic rings. The van der Waals surface area contributed by atoms with Crippen molar-refractivity contribution in [1.82, 2.24) is 24.9 Å². The maximum absolute atomic E-state index is 13.0. The second kappa shape index (κ2) is 7.33. The van der Waals surface area contributed by atoms with Gasteiger partial charge in [0.25, 0.3) is 5.91 Å². The molecule has 2 fully saturated rings. The molecule has 1 saturated heterocycles. The van der Waals surface area contributed by atoms with Crippen LogP contribution in [0.15, 0.2) is 0 Å². The van der Waals surface area contributed by atoms with Gasteiger partial charge in [-0.2, -0.15) is 5.10 Å². The van der Waals surface area contributed by atoms with Crippen LogP contribution < -0.4 is 5.32 Å². The van der Waals surface area contributed by atoms with E-state index in [1.54, 1.807) is 11.8 Å². The van der Waals surface area contributed by atoms with E-state index < -0.39 is 0 Å². The number of amides is 2. The first kappa shape index (κ1) is 18.2. The van der Waals surface area contributed by atoms with Crippen LogP contribution in [0, 0.1) is 5.92 Å². The van der Waals surface area contributed by atoms with Gasteiger partial charge in [-0.1, -0.05) is 0 Å². The lowest BCUT2D eigenvalue weighted by Crippen LogP contribution is -2.50. The largest absolute Gasteiger partial charge is 0.339 e. The third-order valence-electron chi connectivity index (χ3n) is 5.35. The monoisotopic (exact) mass is 367 g/mol. The van der Waals surface area contributed by atoms with Gasteiger partial charge in [0, 0.05) is 70.4 Å². The Bertz CT molecular complexity index is 662. The van der Waals surface area contributed by atoms with E-state index in [1.165, 1.54) is 18.5 Å². The van der Waals surface area contributed by atoms with Crippen LogP contribution in [-0.4, -0.2) is 64.1 Å². The molecular weight excluding hydrogens is 342 g/mol. The van der Waals surface area contributed by atoms with Crippen LogP contribution in [-0.2, 0) is 24.3 Å². The molecule has 1 saturated carbocycles. The third kappa shape index (κ3) is 3.67. The highest BCUT2D eigenvalue weighted by atomic mass is 35.5. The highest BCUT2D eigenvalue weighted by Gasteiger charge is 2.31. The maximum atomic E-state index is 13.0. The lowest BCUT2D eigenvalue weighted by molar-refractivity contribution is -0.130. The smallest absolute Gasteiger partial charge is 0.274 e. The highest BCUT2D eigenvalue weighted by molar-refractivity contribution is 5.94. The van der Waals surface area contributed by atoms with Crippen molar-refractivity contribution >= 4 is 24.2 Å². The first-order valence-electron chi connectivity index (χ1n) is 8.97. The molecule has 25 heavy (non-hydrogen) atoms. The van der Waals surface area contributed by atoms with Crippen molar-refractivity contribution in [3.05, 3.63) is 17.0 Å². The number of hydrogen-bond acceptors (Lipinski definition) is 4. The van der Waals surface area contributed by atoms with Crippen LogP contribution >= 0.6 is 12.4 Å². The predicted molar refractivity (Wildman–Crippen MR) is 95.8 cm³/mol. The van der Waals surface area contributed by atoms with E-state index in [0.29, 0.717) is 31.9 Å². The Hall–Kier alpha value is -1.60. The van der Waals surface area contributed by atoms with E-state index >= 15 is 0 Å². The van der Waals surface area contributed by atoms with Crippen LogP contribution in [0.5, 0.6) is 0 Å². The van der Waals surface area contributed by atoms with Gasteiger partial charge in [-0.15, -0.1) is 12.4 Å². The topological polar surface area (TPSA) is 70.5 Å². The van der Waals surface area contributed by atoms with Crippen LogP contribution in [0.2, 0.25) is 0 Å². The zero-order valence-electron chi connectivity index (χ0n) is 14.7. The summed E-state index contributed by atoms with van der Waals surface area (Å²) in [6.07, 6.45) is 3.51. The first-order chi connectivity index (χ1) is 11.6. The number of aromatic nitrogens is 2. The number of carbonyl (C=O) groups excluding carboxylic acids is 2. The zero-order valence-corrected chi connectivity index (χ0v) is 15.5. The average molecular weight is 368 g/mol. The molecule has 0 unspecified atom stereocenters. The third-order valence-corrected chi connectivity index (χ3v) is 5.35. The molecule has 0 spiro atoms. The van der Waals surface area contributed by atoms with Crippen LogP contribution in [0.3, 0.4) is 0 Å². The molecule has 1 aromatic rings. The Morgan fingerprint density at radius 3 is 2.48 bits per heavy atom. The number of carbonyl (C=O) groups is 2. The standard InChI is InChI=1S/C17H25N5O2.ClH/c1-12(23)20-6-8-21(9-7-20)17(24)16-14-10-18-5-4-15(14)22(19-16)11-13-2-3-13;/h13,18H,2-11H2,1H3;1H. The molecule has 2 amide bonds. The minimum atomic E-state index is 0.